The Morgan fingerprint density at radius 1 is 1.15 bits per heavy atom. The van der Waals surface area contributed by atoms with Gasteiger partial charge in [-0.15, -0.1) is 0 Å². The van der Waals surface area contributed by atoms with Crippen molar-refractivity contribution in [2.75, 3.05) is 18.0 Å². The van der Waals surface area contributed by atoms with Crippen molar-refractivity contribution in [3.05, 3.63) is 65.0 Å². The Hall–Kier alpha value is -3.22. The van der Waals surface area contributed by atoms with Gasteiger partial charge in [0.15, 0.2) is 0 Å². The fourth-order valence-corrected chi connectivity index (χ4v) is 3.66. The number of anilines is 1. The van der Waals surface area contributed by atoms with Gasteiger partial charge >= 0.3 is 6.03 Å². The lowest BCUT2D eigenvalue weighted by atomic mass is 9.93. The molecule has 2 aliphatic heterocycles. The van der Waals surface area contributed by atoms with Crippen LogP contribution in [0, 0.1) is 5.82 Å². The van der Waals surface area contributed by atoms with E-state index in [0.717, 1.165) is 11.1 Å². The summed E-state index contributed by atoms with van der Waals surface area (Å²) in [6.45, 7) is 2.42. The first-order chi connectivity index (χ1) is 12.9. The highest BCUT2D eigenvalue weighted by Crippen LogP contribution is 2.31. The molecule has 0 bridgehead atoms. The van der Waals surface area contributed by atoms with Gasteiger partial charge in [-0.2, -0.15) is 0 Å². The van der Waals surface area contributed by atoms with Crippen LogP contribution in [0.3, 0.4) is 0 Å². The van der Waals surface area contributed by atoms with E-state index < -0.39 is 6.03 Å². The largest absolute Gasteiger partial charge is 0.332 e. The van der Waals surface area contributed by atoms with Crippen LogP contribution in [0.15, 0.2) is 42.5 Å². The minimum absolute atomic E-state index is 0.0301. The van der Waals surface area contributed by atoms with E-state index in [1.54, 1.807) is 35.2 Å². The molecule has 6 nitrogen and oxygen atoms in total. The van der Waals surface area contributed by atoms with Crippen LogP contribution in [0.4, 0.5) is 14.9 Å². The second-order valence-electron chi connectivity index (χ2n) is 6.75. The molecule has 0 radical (unpaired) electrons. The second kappa shape index (κ2) is 6.50. The van der Waals surface area contributed by atoms with Crippen LogP contribution in [-0.4, -0.2) is 35.8 Å². The van der Waals surface area contributed by atoms with Crippen LogP contribution in [0.5, 0.6) is 0 Å². The van der Waals surface area contributed by atoms with Crippen molar-refractivity contribution in [3.8, 4) is 0 Å². The molecule has 1 atom stereocenters. The molecule has 4 rings (SSSR count). The third-order valence-electron chi connectivity index (χ3n) is 5.13. The van der Waals surface area contributed by atoms with Crippen molar-refractivity contribution in [2.45, 2.75) is 19.4 Å². The molecule has 1 N–H and O–H groups in total. The zero-order chi connectivity index (χ0) is 19.1. The van der Waals surface area contributed by atoms with E-state index >= 15 is 0 Å². The Labute approximate surface area is 155 Å². The molecule has 0 aliphatic carbocycles. The van der Waals surface area contributed by atoms with Crippen LogP contribution in [0.25, 0.3) is 0 Å². The number of carbonyl (C=O) groups excluding carboxylic acids is 3. The summed E-state index contributed by atoms with van der Waals surface area (Å²) < 4.78 is 13.6. The van der Waals surface area contributed by atoms with Crippen molar-refractivity contribution in [1.29, 1.82) is 0 Å². The first kappa shape index (κ1) is 17.2. The average molecular weight is 367 g/mol. The highest BCUT2D eigenvalue weighted by Gasteiger charge is 2.30. The number of fused-ring (bicyclic) bond motifs is 1. The van der Waals surface area contributed by atoms with E-state index in [9.17, 15) is 18.8 Å². The van der Waals surface area contributed by atoms with Gasteiger partial charge in [0.05, 0.1) is 6.04 Å². The number of benzene rings is 2. The molecule has 2 heterocycles. The molecule has 0 unspecified atom stereocenters. The van der Waals surface area contributed by atoms with Crippen LogP contribution < -0.4 is 10.2 Å². The number of amides is 4. The molecule has 2 aromatic rings. The molecule has 138 valence electrons. The zero-order valence-electron chi connectivity index (χ0n) is 14.7. The van der Waals surface area contributed by atoms with Gasteiger partial charge in [-0.05, 0) is 60.9 Å². The number of imide groups is 1. The standard InChI is InChI=1S/C20H18FN3O3/c1-12-17-10-15(21)5-2-13(17)8-9-23(12)19(26)14-3-6-16(7-4-14)24-11-18(25)22-20(24)27/h2-7,10,12H,8-9,11H2,1H3,(H,22,25,27)/t12-/m0/s1. The summed E-state index contributed by atoms with van der Waals surface area (Å²) in [5.41, 5.74) is 2.93. The Bertz CT molecular complexity index is 942. The summed E-state index contributed by atoms with van der Waals surface area (Å²) in [5, 5.41) is 2.22. The number of nitrogens with zero attached hydrogens (tertiary/aromatic N) is 2. The maximum Gasteiger partial charge on any atom is 0.329 e. The molecule has 1 fully saturated rings. The first-order valence-electron chi connectivity index (χ1n) is 8.75. The van der Waals surface area contributed by atoms with Gasteiger partial charge in [0.25, 0.3) is 5.91 Å². The summed E-state index contributed by atoms with van der Waals surface area (Å²) in [6, 6.07) is 10.6. The minimum Gasteiger partial charge on any atom is -0.332 e. The van der Waals surface area contributed by atoms with E-state index in [0.29, 0.717) is 24.2 Å². The summed E-state index contributed by atoms with van der Waals surface area (Å²) in [7, 11) is 0. The van der Waals surface area contributed by atoms with Gasteiger partial charge in [-0.1, -0.05) is 6.07 Å². The van der Waals surface area contributed by atoms with Gasteiger partial charge in [0.2, 0.25) is 5.91 Å². The normalized spacial score (nSPS) is 19.1. The number of hydrogen-bond donors (Lipinski definition) is 1. The second-order valence-corrected chi connectivity index (χ2v) is 6.75. The van der Waals surface area contributed by atoms with Crippen LogP contribution in [-0.2, 0) is 11.2 Å². The Morgan fingerprint density at radius 3 is 2.56 bits per heavy atom. The van der Waals surface area contributed by atoms with Gasteiger partial charge in [-0.3, -0.25) is 19.8 Å². The van der Waals surface area contributed by atoms with Gasteiger partial charge in [0.1, 0.15) is 12.4 Å². The molecule has 7 heteroatoms. The summed E-state index contributed by atoms with van der Waals surface area (Å²) in [4.78, 5) is 39.0. The summed E-state index contributed by atoms with van der Waals surface area (Å²) in [5.74, 6) is -0.809. The number of nitrogens with one attached hydrogen (secondary N) is 1. The smallest absolute Gasteiger partial charge is 0.329 e. The third-order valence-corrected chi connectivity index (χ3v) is 5.13. The fraction of sp³-hybridized carbons (Fsp3) is 0.250. The van der Waals surface area contributed by atoms with Gasteiger partial charge in [-0.25, -0.2) is 9.18 Å². The van der Waals surface area contributed by atoms with Crippen LogP contribution >= 0.6 is 0 Å². The Balaban J connectivity index is 1.55. The molecular formula is C20H18FN3O3. The fourth-order valence-electron chi connectivity index (χ4n) is 3.66. The lowest BCUT2D eigenvalue weighted by molar-refractivity contribution is -0.117. The van der Waals surface area contributed by atoms with E-state index in [4.69, 9.17) is 0 Å². The molecule has 4 amide bonds. The highest BCUT2D eigenvalue weighted by molar-refractivity contribution is 6.12. The maximum atomic E-state index is 13.6. The molecule has 2 aromatic carbocycles. The average Bonchev–Trinajstić information content (AvgIpc) is 3.00. The lowest BCUT2D eigenvalue weighted by Crippen LogP contribution is -2.39. The number of urea groups is 1. The lowest BCUT2D eigenvalue weighted by Gasteiger charge is -2.35. The molecule has 27 heavy (non-hydrogen) atoms. The maximum absolute atomic E-state index is 13.6. The summed E-state index contributed by atoms with van der Waals surface area (Å²) in [6.07, 6.45) is 0.680. The molecule has 2 aliphatic rings. The van der Waals surface area contributed by atoms with E-state index in [2.05, 4.69) is 5.32 Å². The molecule has 0 aromatic heterocycles. The number of rotatable bonds is 2. The highest BCUT2D eigenvalue weighted by atomic mass is 19.1. The number of halogens is 1. The zero-order valence-corrected chi connectivity index (χ0v) is 14.7. The van der Waals surface area contributed by atoms with E-state index in [-0.39, 0.29) is 30.2 Å². The molecule has 0 spiro atoms. The topological polar surface area (TPSA) is 69.7 Å². The van der Waals surface area contributed by atoms with Crippen molar-refractivity contribution in [1.82, 2.24) is 10.2 Å². The van der Waals surface area contributed by atoms with Gasteiger partial charge in [0, 0.05) is 17.8 Å². The third kappa shape index (κ3) is 3.05. The predicted molar refractivity (Wildman–Crippen MR) is 96.9 cm³/mol. The number of hydrogen-bond acceptors (Lipinski definition) is 3. The van der Waals surface area contributed by atoms with Crippen LogP contribution in [0.1, 0.15) is 34.5 Å². The van der Waals surface area contributed by atoms with Crippen molar-refractivity contribution < 1.29 is 18.8 Å². The van der Waals surface area contributed by atoms with Crippen molar-refractivity contribution in [3.63, 3.8) is 0 Å². The Kier molecular flexibility index (Phi) is 4.14. The molecule has 0 saturated carbocycles. The van der Waals surface area contributed by atoms with E-state index in [1.807, 2.05) is 6.92 Å². The van der Waals surface area contributed by atoms with E-state index in [1.165, 1.54) is 17.0 Å². The minimum atomic E-state index is -0.470. The molecular weight excluding hydrogens is 349 g/mol. The van der Waals surface area contributed by atoms with Crippen LogP contribution in [0.2, 0.25) is 0 Å². The Morgan fingerprint density at radius 2 is 1.89 bits per heavy atom. The molecule has 1 saturated heterocycles. The monoisotopic (exact) mass is 367 g/mol. The first-order valence-corrected chi connectivity index (χ1v) is 8.75. The number of carbonyl (C=O) groups is 3. The van der Waals surface area contributed by atoms with Crippen molar-refractivity contribution in [2.24, 2.45) is 0 Å². The predicted octanol–water partition coefficient (Wildman–Crippen LogP) is 2.64. The van der Waals surface area contributed by atoms with Crippen molar-refractivity contribution >= 4 is 23.5 Å². The quantitative estimate of drug-likeness (QED) is 0.830. The SMILES string of the molecule is C[C@H]1c2cc(F)ccc2CCN1C(=O)c1ccc(N2CC(=O)NC2=O)cc1. The van der Waals surface area contributed by atoms with Gasteiger partial charge < -0.3 is 4.90 Å². The summed E-state index contributed by atoms with van der Waals surface area (Å²) >= 11 is 0.